The van der Waals surface area contributed by atoms with E-state index >= 15 is 0 Å². The smallest absolute Gasteiger partial charge is 0.341 e. The number of aromatic nitrogens is 1. The Morgan fingerprint density at radius 3 is 2.35 bits per heavy atom. The van der Waals surface area contributed by atoms with E-state index in [4.69, 9.17) is 0 Å². The molecule has 0 spiro atoms. The molecule has 1 aromatic heterocycles. The number of hydrogen-bond donors (Lipinski definition) is 1. The van der Waals surface area contributed by atoms with Crippen LogP contribution in [0.1, 0.15) is 48.5 Å². The number of carboxylic acid groups (broad SMARTS) is 1. The molecule has 4 heteroatoms. The van der Waals surface area contributed by atoms with Gasteiger partial charge in [0.2, 0.25) is 0 Å². The van der Waals surface area contributed by atoms with Crippen molar-refractivity contribution in [3.8, 4) is 11.3 Å². The van der Waals surface area contributed by atoms with E-state index in [0.717, 1.165) is 42.5 Å². The highest BCUT2D eigenvalue weighted by Gasteiger charge is 2.14. The summed E-state index contributed by atoms with van der Waals surface area (Å²) in [6.07, 6.45) is 4.14. The maximum absolute atomic E-state index is 12.5. The van der Waals surface area contributed by atoms with Crippen LogP contribution in [0.25, 0.3) is 11.3 Å². The number of hydrogen-bond acceptors (Lipinski definition) is 2. The lowest BCUT2D eigenvalue weighted by Gasteiger charge is -2.14. The molecular weight excluding hydrogens is 290 g/mol. The molecule has 122 valence electrons. The summed E-state index contributed by atoms with van der Waals surface area (Å²) in [7, 11) is 0. The number of unbranched alkanes of at least 4 members (excludes halogenated alkanes) is 3. The number of nitrogens with zero attached hydrogens (tertiary/aromatic N) is 1. The van der Waals surface area contributed by atoms with E-state index in [1.165, 1.54) is 6.07 Å². The van der Waals surface area contributed by atoms with Crippen molar-refractivity contribution in [3.05, 3.63) is 57.9 Å². The topological polar surface area (TPSA) is 59.3 Å². The third-order valence-electron chi connectivity index (χ3n) is 3.99. The zero-order chi connectivity index (χ0) is 16.8. The summed E-state index contributed by atoms with van der Waals surface area (Å²) in [6, 6.07) is 11.1. The maximum atomic E-state index is 12.5. The van der Waals surface area contributed by atoms with Crippen LogP contribution < -0.4 is 5.56 Å². The second-order valence-electron chi connectivity index (χ2n) is 5.82. The van der Waals surface area contributed by atoms with Gasteiger partial charge in [0.25, 0.3) is 5.56 Å². The first-order valence-corrected chi connectivity index (χ1v) is 8.08. The predicted molar refractivity (Wildman–Crippen MR) is 92.0 cm³/mol. The van der Waals surface area contributed by atoms with Crippen LogP contribution in [0.3, 0.4) is 0 Å². The van der Waals surface area contributed by atoms with Crippen molar-refractivity contribution in [1.82, 2.24) is 4.57 Å². The summed E-state index contributed by atoms with van der Waals surface area (Å²) in [4.78, 5) is 23.7. The zero-order valence-electron chi connectivity index (χ0n) is 13.7. The number of rotatable bonds is 7. The van der Waals surface area contributed by atoms with Crippen LogP contribution in [-0.4, -0.2) is 15.6 Å². The molecule has 0 radical (unpaired) electrons. The van der Waals surface area contributed by atoms with Gasteiger partial charge < -0.3 is 9.67 Å². The van der Waals surface area contributed by atoms with Crippen LogP contribution in [0, 0.1) is 6.92 Å². The van der Waals surface area contributed by atoms with Crippen molar-refractivity contribution >= 4 is 5.97 Å². The van der Waals surface area contributed by atoms with E-state index in [9.17, 15) is 14.7 Å². The standard InChI is InChI=1S/C19H23NO3/c1-3-4-5-6-13-20-17(15-9-7-14(2)8-10-15)12-11-16(18(20)21)19(22)23/h7-12H,3-6,13H2,1-2H3,(H,22,23). The van der Waals surface area contributed by atoms with Crippen LogP contribution >= 0.6 is 0 Å². The normalized spacial score (nSPS) is 10.7. The minimum absolute atomic E-state index is 0.170. The van der Waals surface area contributed by atoms with Gasteiger partial charge in [0.05, 0.1) is 5.69 Å². The van der Waals surface area contributed by atoms with Crippen LogP contribution in [0.15, 0.2) is 41.2 Å². The molecule has 0 aliphatic rings. The molecule has 0 saturated heterocycles. The lowest BCUT2D eigenvalue weighted by Crippen LogP contribution is -2.27. The third-order valence-corrected chi connectivity index (χ3v) is 3.99. The molecule has 0 unspecified atom stereocenters. The van der Waals surface area contributed by atoms with Gasteiger partial charge in [-0.2, -0.15) is 0 Å². The first-order valence-electron chi connectivity index (χ1n) is 8.08. The molecule has 1 aromatic carbocycles. The molecule has 1 heterocycles. The first kappa shape index (κ1) is 17.0. The number of benzene rings is 1. The fourth-order valence-electron chi connectivity index (χ4n) is 2.64. The molecule has 0 atom stereocenters. The highest BCUT2D eigenvalue weighted by molar-refractivity contribution is 5.87. The monoisotopic (exact) mass is 313 g/mol. The highest BCUT2D eigenvalue weighted by atomic mass is 16.4. The van der Waals surface area contributed by atoms with Crippen molar-refractivity contribution < 1.29 is 9.90 Å². The van der Waals surface area contributed by atoms with E-state index in [-0.39, 0.29) is 5.56 Å². The van der Waals surface area contributed by atoms with Gasteiger partial charge in [-0.3, -0.25) is 4.79 Å². The molecule has 23 heavy (non-hydrogen) atoms. The Bertz CT molecular complexity index is 729. The fourth-order valence-corrected chi connectivity index (χ4v) is 2.64. The van der Waals surface area contributed by atoms with Crippen LogP contribution in [0.4, 0.5) is 0 Å². The van der Waals surface area contributed by atoms with Gasteiger partial charge in [0.1, 0.15) is 5.56 Å². The minimum atomic E-state index is -1.17. The summed E-state index contributed by atoms with van der Waals surface area (Å²) in [5, 5.41) is 9.18. The second kappa shape index (κ2) is 7.77. The first-order chi connectivity index (χ1) is 11.0. The average Bonchev–Trinajstić information content (AvgIpc) is 2.53. The summed E-state index contributed by atoms with van der Waals surface area (Å²) in [5.74, 6) is -1.17. The molecule has 0 fully saturated rings. The second-order valence-corrected chi connectivity index (χ2v) is 5.82. The Balaban J connectivity index is 2.44. The number of carboxylic acids is 1. The van der Waals surface area contributed by atoms with Gasteiger partial charge >= 0.3 is 5.97 Å². The molecule has 2 aromatic rings. The van der Waals surface area contributed by atoms with Gasteiger partial charge in [-0.15, -0.1) is 0 Å². The summed E-state index contributed by atoms with van der Waals surface area (Å²) in [6.45, 7) is 4.69. The Kier molecular flexibility index (Phi) is 5.74. The molecule has 1 N–H and O–H groups in total. The molecular formula is C19H23NO3. The van der Waals surface area contributed by atoms with E-state index in [2.05, 4.69) is 6.92 Å². The lowest BCUT2D eigenvalue weighted by molar-refractivity contribution is 0.0694. The molecule has 4 nitrogen and oxygen atoms in total. The largest absolute Gasteiger partial charge is 0.477 e. The number of aromatic carboxylic acids is 1. The van der Waals surface area contributed by atoms with Crippen molar-refractivity contribution in [2.75, 3.05) is 0 Å². The fraction of sp³-hybridized carbons (Fsp3) is 0.368. The Morgan fingerprint density at radius 1 is 1.04 bits per heavy atom. The summed E-state index contributed by atoms with van der Waals surface area (Å²) >= 11 is 0. The Hall–Kier alpha value is -2.36. The molecule has 0 amide bonds. The van der Waals surface area contributed by atoms with Crippen molar-refractivity contribution in [3.63, 3.8) is 0 Å². The zero-order valence-corrected chi connectivity index (χ0v) is 13.7. The molecule has 0 saturated carbocycles. The van der Waals surface area contributed by atoms with Gasteiger partial charge in [-0.25, -0.2) is 4.79 Å². The van der Waals surface area contributed by atoms with Crippen LogP contribution in [0.2, 0.25) is 0 Å². The van der Waals surface area contributed by atoms with Crippen molar-refractivity contribution in [1.29, 1.82) is 0 Å². The van der Waals surface area contributed by atoms with Gasteiger partial charge in [0.15, 0.2) is 0 Å². The lowest BCUT2D eigenvalue weighted by atomic mass is 10.1. The molecule has 0 aliphatic heterocycles. The molecule has 0 aliphatic carbocycles. The molecule has 2 rings (SSSR count). The average molecular weight is 313 g/mol. The molecule has 0 bridgehead atoms. The summed E-state index contributed by atoms with van der Waals surface area (Å²) < 4.78 is 1.60. The van der Waals surface area contributed by atoms with Gasteiger partial charge in [0, 0.05) is 6.54 Å². The van der Waals surface area contributed by atoms with Gasteiger partial charge in [-0.05, 0) is 31.0 Å². The van der Waals surface area contributed by atoms with Crippen molar-refractivity contribution in [2.45, 2.75) is 46.1 Å². The number of carbonyl (C=O) groups is 1. The third kappa shape index (κ3) is 4.09. The number of aryl methyl sites for hydroxylation is 1. The maximum Gasteiger partial charge on any atom is 0.341 e. The van der Waals surface area contributed by atoms with Crippen molar-refractivity contribution in [2.24, 2.45) is 0 Å². The van der Waals surface area contributed by atoms with E-state index in [0.29, 0.717) is 6.54 Å². The minimum Gasteiger partial charge on any atom is -0.477 e. The Morgan fingerprint density at radius 2 is 1.74 bits per heavy atom. The Labute approximate surface area is 136 Å². The number of pyridine rings is 1. The van der Waals surface area contributed by atoms with E-state index in [1.807, 2.05) is 31.2 Å². The van der Waals surface area contributed by atoms with Gasteiger partial charge in [-0.1, -0.05) is 56.0 Å². The SMILES string of the molecule is CCCCCCn1c(-c2ccc(C)cc2)ccc(C(=O)O)c1=O. The van der Waals surface area contributed by atoms with E-state index in [1.54, 1.807) is 10.6 Å². The van der Waals surface area contributed by atoms with Crippen LogP contribution in [-0.2, 0) is 6.54 Å². The summed E-state index contributed by atoms with van der Waals surface area (Å²) in [5.41, 5.74) is 2.26. The quantitative estimate of drug-likeness (QED) is 0.783. The van der Waals surface area contributed by atoms with E-state index < -0.39 is 11.5 Å². The predicted octanol–water partition coefficient (Wildman–Crippen LogP) is 4.10. The highest BCUT2D eigenvalue weighted by Crippen LogP contribution is 2.20. The van der Waals surface area contributed by atoms with Crippen LogP contribution in [0.5, 0.6) is 0 Å².